The second-order valence-electron chi connectivity index (χ2n) is 19.4. The summed E-state index contributed by atoms with van der Waals surface area (Å²) in [6, 6.07) is 59.1. The number of anilines is 8. The van der Waals surface area contributed by atoms with E-state index in [1.807, 2.05) is 0 Å². The molecule has 0 N–H and O–H groups in total. The summed E-state index contributed by atoms with van der Waals surface area (Å²) >= 11 is 0. The van der Waals surface area contributed by atoms with Gasteiger partial charge in [0.05, 0.1) is 5.54 Å². The van der Waals surface area contributed by atoms with E-state index in [1.165, 1.54) is 103 Å². The molecular weight excluding hydrogens is 814 g/mol. The first kappa shape index (κ1) is 42.6. The molecule has 2 aliphatic heterocycles. The lowest BCUT2D eigenvalue weighted by Crippen LogP contribution is -2.64. The lowest BCUT2D eigenvalue weighted by Gasteiger charge is -2.52. The minimum absolute atomic E-state index is 0.0820. The molecule has 0 radical (unpaired) electrons. The smallest absolute Gasteiger partial charge is 0.257 e. The second kappa shape index (κ2) is 17.3. The standard InChI is InChI=1S/C62H60BN3O/c1-7-9-17-45-26-30-50(31-27-45)65-56-37-44(5)38-57-60(56)63(59-52-33-25-43(4)39-58(52)67-61(59)65)54-34-32-51(64(48-19-13-11-14-20-48)49-21-15-12-16-22-49)41-55(54)66(57)62(6)36-35-46(18-10-8-2)40-53(62)47-28-23-42(3)24-29-47/h11-16,19-35,37-41H,7-10,17-18,36H2,1-6H3. The maximum absolute atomic E-state index is 7.20. The van der Waals surface area contributed by atoms with Crippen molar-refractivity contribution in [3.63, 3.8) is 0 Å². The number of fused-ring (bicyclic) bond motifs is 6. The van der Waals surface area contributed by atoms with Crippen molar-refractivity contribution in [3.8, 4) is 0 Å². The van der Waals surface area contributed by atoms with Gasteiger partial charge in [-0.15, -0.1) is 0 Å². The normalized spacial score (nSPS) is 16.1. The van der Waals surface area contributed by atoms with E-state index < -0.39 is 5.54 Å². The van der Waals surface area contributed by atoms with E-state index in [4.69, 9.17) is 4.42 Å². The van der Waals surface area contributed by atoms with Gasteiger partial charge in [-0.05, 0) is 165 Å². The monoisotopic (exact) mass is 873 g/mol. The van der Waals surface area contributed by atoms with Crippen LogP contribution in [0.3, 0.4) is 0 Å². The highest BCUT2D eigenvalue weighted by atomic mass is 16.4. The molecule has 1 aromatic heterocycles. The molecule has 67 heavy (non-hydrogen) atoms. The molecule has 1 atom stereocenters. The summed E-state index contributed by atoms with van der Waals surface area (Å²) in [4.78, 5) is 7.60. The van der Waals surface area contributed by atoms with Crippen molar-refractivity contribution < 1.29 is 4.42 Å². The summed E-state index contributed by atoms with van der Waals surface area (Å²) in [6.07, 6.45) is 12.8. The molecule has 332 valence electrons. The van der Waals surface area contributed by atoms with Crippen LogP contribution in [0.1, 0.15) is 87.1 Å². The van der Waals surface area contributed by atoms with E-state index in [0.717, 1.165) is 53.5 Å². The van der Waals surface area contributed by atoms with Crippen molar-refractivity contribution in [3.05, 3.63) is 203 Å². The summed E-state index contributed by atoms with van der Waals surface area (Å²) < 4.78 is 7.20. The van der Waals surface area contributed by atoms with Crippen molar-refractivity contribution in [1.29, 1.82) is 0 Å². The van der Waals surface area contributed by atoms with E-state index in [9.17, 15) is 0 Å². The number of hydrogen-bond donors (Lipinski definition) is 0. The molecule has 0 bridgehead atoms. The number of furan rings is 1. The zero-order valence-corrected chi connectivity index (χ0v) is 39.9. The van der Waals surface area contributed by atoms with E-state index in [2.05, 4.69) is 226 Å². The number of para-hydroxylation sites is 2. The molecule has 5 heteroatoms. The maximum atomic E-state index is 7.20. The second-order valence-corrected chi connectivity index (χ2v) is 19.4. The first-order chi connectivity index (χ1) is 32.7. The average molecular weight is 874 g/mol. The van der Waals surface area contributed by atoms with Gasteiger partial charge < -0.3 is 14.2 Å². The van der Waals surface area contributed by atoms with Gasteiger partial charge in [0.25, 0.3) is 6.71 Å². The fraction of sp³-hybridized carbons (Fsp3) is 0.226. The molecule has 0 saturated carbocycles. The molecule has 0 fully saturated rings. The molecule has 11 rings (SSSR count). The SMILES string of the molecule is CCCCC1=CCC(C)(N2c3cc(N(c4ccccc4)c4ccccc4)ccc3B3c4c(cc(C)cc42)N(c2ccc(CCCC)cc2)c2oc4cc(C)ccc4c23)C(c2ccc(C)cc2)=C1. The highest BCUT2D eigenvalue weighted by Gasteiger charge is 2.50. The molecule has 0 amide bonds. The highest BCUT2D eigenvalue weighted by molar-refractivity contribution is 7.01. The summed E-state index contributed by atoms with van der Waals surface area (Å²) in [6.45, 7) is 13.6. The molecule has 3 aliphatic rings. The Labute approximate surface area is 398 Å². The summed E-state index contributed by atoms with van der Waals surface area (Å²) in [5.41, 5.74) is 21.5. The summed E-state index contributed by atoms with van der Waals surface area (Å²) in [5.74, 6) is 0.905. The quantitative estimate of drug-likeness (QED) is 0.114. The number of unbranched alkanes of at least 4 members (excludes halogenated alkanes) is 2. The van der Waals surface area contributed by atoms with Crippen molar-refractivity contribution >= 4 is 85.3 Å². The van der Waals surface area contributed by atoms with Crippen molar-refractivity contribution in [2.75, 3.05) is 14.7 Å². The van der Waals surface area contributed by atoms with Gasteiger partial charge in [0.15, 0.2) is 0 Å². The molecule has 1 unspecified atom stereocenters. The van der Waals surface area contributed by atoms with Crippen LogP contribution in [0.5, 0.6) is 0 Å². The van der Waals surface area contributed by atoms with Gasteiger partial charge >= 0.3 is 0 Å². The predicted molar refractivity (Wildman–Crippen MR) is 287 cm³/mol. The Morgan fingerprint density at radius 1 is 0.612 bits per heavy atom. The van der Waals surface area contributed by atoms with Crippen LogP contribution in [0.25, 0.3) is 16.5 Å². The van der Waals surface area contributed by atoms with Crippen LogP contribution in [0.4, 0.5) is 45.7 Å². The Morgan fingerprint density at radius 2 is 1.28 bits per heavy atom. The summed E-state index contributed by atoms with van der Waals surface area (Å²) in [7, 11) is 0. The first-order valence-corrected chi connectivity index (χ1v) is 24.6. The van der Waals surface area contributed by atoms with E-state index >= 15 is 0 Å². The van der Waals surface area contributed by atoms with Crippen molar-refractivity contribution in [1.82, 2.24) is 0 Å². The third kappa shape index (κ3) is 7.40. The maximum Gasteiger partial charge on any atom is 0.257 e. The zero-order chi connectivity index (χ0) is 45.8. The molecule has 1 aliphatic carbocycles. The predicted octanol–water partition coefficient (Wildman–Crippen LogP) is 15.3. The molecule has 0 spiro atoms. The molecule has 8 aromatic rings. The van der Waals surface area contributed by atoms with Gasteiger partial charge in [0.1, 0.15) is 5.58 Å². The minimum atomic E-state index is -0.461. The van der Waals surface area contributed by atoms with Crippen LogP contribution in [-0.4, -0.2) is 12.3 Å². The van der Waals surface area contributed by atoms with Crippen LogP contribution in [0.15, 0.2) is 180 Å². The fourth-order valence-electron chi connectivity index (χ4n) is 11.2. The van der Waals surface area contributed by atoms with Crippen LogP contribution in [0.2, 0.25) is 0 Å². The first-order valence-electron chi connectivity index (χ1n) is 24.6. The van der Waals surface area contributed by atoms with Crippen LogP contribution in [0, 0.1) is 20.8 Å². The van der Waals surface area contributed by atoms with Gasteiger partial charge in [-0.2, -0.15) is 0 Å². The van der Waals surface area contributed by atoms with Crippen molar-refractivity contribution in [2.45, 2.75) is 92.0 Å². The largest absolute Gasteiger partial charge is 0.440 e. The Bertz CT molecular complexity index is 3140. The van der Waals surface area contributed by atoms with Crippen LogP contribution < -0.4 is 31.1 Å². The van der Waals surface area contributed by atoms with Gasteiger partial charge in [-0.25, -0.2) is 0 Å². The highest BCUT2D eigenvalue weighted by Crippen LogP contribution is 2.52. The van der Waals surface area contributed by atoms with E-state index in [-0.39, 0.29) is 6.71 Å². The minimum Gasteiger partial charge on any atom is -0.440 e. The Kier molecular flexibility index (Phi) is 11.0. The topological polar surface area (TPSA) is 22.9 Å². The Morgan fingerprint density at radius 3 is 1.99 bits per heavy atom. The van der Waals surface area contributed by atoms with Gasteiger partial charge in [0, 0.05) is 50.7 Å². The third-order valence-corrected chi connectivity index (χ3v) is 14.6. The number of hydrogen-bond acceptors (Lipinski definition) is 4. The van der Waals surface area contributed by atoms with Gasteiger partial charge in [-0.3, -0.25) is 4.90 Å². The summed E-state index contributed by atoms with van der Waals surface area (Å²) in [5, 5.41) is 1.17. The Hall–Kier alpha value is -6.98. The number of allylic oxidation sites excluding steroid dienone is 2. The molecule has 4 nitrogen and oxygen atoms in total. The third-order valence-electron chi connectivity index (χ3n) is 14.6. The number of benzene rings is 7. The lowest BCUT2D eigenvalue weighted by molar-refractivity contribution is 0.583. The van der Waals surface area contributed by atoms with Crippen molar-refractivity contribution in [2.24, 2.45) is 0 Å². The molecule has 3 heterocycles. The molecule has 0 saturated heterocycles. The Balaban J connectivity index is 1.21. The number of nitrogens with zero attached hydrogens (tertiary/aromatic N) is 3. The number of aryl methyl sites for hydroxylation is 4. The fourth-order valence-corrected chi connectivity index (χ4v) is 11.2. The average Bonchev–Trinajstić information content (AvgIpc) is 3.72. The molecule has 7 aromatic carbocycles. The van der Waals surface area contributed by atoms with E-state index in [1.54, 1.807) is 0 Å². The number of rotatable bonds is 12. The van der Waals surface area contributed by atoms with Gasteiger partial charge in [-0.1, -0.05) is 141 Å². The van der Waals surface area contributed by atoms with Gasteiger partial charge in [0.2, 0.25) is 5.88 Å². The lowest BCUT2D eigenvalue weighted by atomic mass is 9.33. The van der Waals surface area contributed by atoms with Crippen LogP contribution >= 0.6 is 0 Å². The van der Waals surface area contributed by atoms with E-state index in [0.29, 0.717) is 0 Å². The van der Waals surface area contributed by atoms with Crippen LogP contribution in [-0.2, 0) is 6.42 Å². The zero-order valence-electron chi connectivity index (χ0n) is 39.9. The molecular formula is C62H60BN3O.